The third-order valence-corrected chi connectivity index (χ3v) is 2.18. The fraction of sp³-hybridized carbons (Fsp3) is 1.00. The van der Waals surface area contributed by atoms with Gasteiger partial charge in [0.15, 0.2) is 0 Å². The predicted molar refractivity (Wildman–Crippen MR) is 38.1 cm³/mol. The summed E-state index contributed by atoms with van der Waals surface area (Å²) in [6.07, 6.45) is 0. The second-order valence-electron chi connectivity index (χ2n) is 1.56. The van der Waals surface area contributed by atoms with E-state index in [1.165, 1.54) is 6.92 Å². The Morgan fingerprint density at radius 1 is 1.50 bits per heavy atom. The standard InChI is InChI=1S/C3H7Cl2O4P/c1-2(4)9-3(5)10(6,7)8/h2-3H,1H3,(H2,6,7,8). The molecule has 0 fully saturated rings. The molecule has 0 saturated heterocycles. The van der Waals surface area contributed by atoms with E-state index in [0.717, 1.165) is 0 Å². The molecule has 0 amide bonds. The van der Waals surface area contributed by atoms with Crippen LogP contribution in [0.3, 0.4) is 0 Å². The van der Waals surface area contributed by atoms with Gasteiger partial charge in [-0.1, -0.05) is 23.2 Å². The van der Waals surface area contributed by atoms with E-state index in [4.69, 9.17) is 33.0 Å². The summed E-state index contributed by atoms with van der Waals surface area (Å²) < 4.78 is 14.6. The van der Waals surface area contributed by atoms with E-state index in [1.807, 2.05) is 0 Å². The molecule has 0 bridgehead atoms. The molecule has 62 valence electrons. The first-order chi connectivity index (χ1) is 4.34. The van der Waals surface area contributed by atoms with E-state index >= 15 is 0 Å². The van der Waals surface area contributed by atoms with E-state index in [0.29, 0.717) is 0 Å². The van der Waals surface area contributed by atoms with Gasteiger partial charge in [0.25, 0.3) is 0 Å². The first-order valence-electron chi connectivity index (χ1n) is 2.33. The number of hydrogen-bond donors (Lipinski definition) is 2. The average molecular weight is 209 g/mol. The number of rotatable bonds is 3. The van der Waals surface area contributed by atoms with Crippen LogP contribution >= 0.6 is 30.8 Å². The van der Waals surface area contributed by atoms with Gasteiger partial charge in [-0.2, -0.15) is 0 Å². The van der Waals surface area contributed by atoms with Crippen molar-refractivity contribution in [3.63, 3.8) is 0 Å². The van der Waals surface area contributed by atoms with Gasteiger partial charge in [-0.25, -0.2) is 0 Å². The molecule has 0 spiro atoms. The fourth-order valence-electron chi connectivity index (χ4n) is 0.234. The minimum Gasteiger partial charge on any atom is -0.332 e. The number of hydrogen-bond acceptors (Lipinski definition) is 2. The molecule has 0 saturated carbocycles. The summed E-state index contributed by atoms with van der Waals surface area (Å²) in [5.41, 5.74) is -0.810. The highest BCUT2D eigenvalue weighted by Crippen LogP contribution is 2.44. The molecule has 0 aliphatic heterocycles. The van der Waals surface area contributed by atoms with Crippen LogP contribution in [0.25, 0.3) is 0 Å². The molecular weight excluding hydrogens is 202 g/mol. The van der Waals surface area contributed by atoms with E-state index in [1.54, 1.807) is 0 Å². The van der Waals surface area contributed by atoms with Crippen molar-refractivity contribution in [2.45, 2.75) is 17.8 Å². The Morgan fingerprint density at radius 2 is 1.90 bits per heavy atom. The lowest BCUT2D eigenvalue weighted by Gasteiger charge is -2.13. The van der Waals surface area contributed by atoms with Gasteiger partial charge >= 0.3 is 7.60 Å². The lowest BCUT2D eigenvalue weighted by atomic mass is 10.9. The molecule has 4 nitrogen and oxygen atoms in total. The normalized spacial score (nSPS) is 18.5. The summed E-state index contributed by atoms with van der Waals surface area (Å²) in [6.45, 7) is 1.41. The molecule has 2 unspecified atom stereocenters. The van der Waals surface area contributed by atoms with Crippen LogP contribution in [0.2, 0.25) is 0 Å². The summed E-state index contributed by atoms with van der Waals surface area (Å²) in [6, 6.07) is 0. The minimum absolute atomic E-state index is 0.810. The van der Waals surface area contributed by atoms with Crippen LogP contribution < -0.4 is 0 Å². The van der Waals surface area contributed by atoms with Gasteiger partial charge < -0.3 is 14.5 Å². The fourth-order valence-corrected chi connectivity index (χ4v) is 0.957. The highest BCUT2D eigenvalue weighted by Gasteiger charge is 2.28. The molecule has 0 aliphatic carbocycles. The predicted octanol–water partition coefficient (Wildman–Crippen LogP) is 1.29. The summed E-state index contributed by atoms with van der Waals surface area (Å²) in [7, 11) is -4.35. The Hall–Kier alpha value is 0.690. The van der Waals surface area contributed by atoms with Crippen molar-refractivity contribution in [3.05, 3.63) is 0 Å². The van der Waals surface area contributed by atoms with Crippen LogP contribution in [0.4, 0.5) is 0 Å². The van der Waals surface area contributed by atoms with Gasteiger partial charge in [0, 0.05) is 0 Å². The molecule has 2 atom stereocenters. The van der Waals surface area contributed by atoms with Gasteiger partial charge in [-0.3, -0.25) is 4.57 Å². The van der Waals surface area contributed by atoms with E-state index in [-0.39, 0.29) is 0 Å². The molecule has 0 radical (unpaired) electrons. The van der Waals surface area contributed by atoms with Gasteiger partial charge in [-0.05, 0) is 6.92 Å². The van der Waals surface area contributed by atoms with Crippen LogP contribution in [-0.4, -0.2) is 20.7 Å². The third-order valence-electron chi connectivity index (χ3n) is 0.564. The lowest BCUT2D eigenvalue weighted by molar-refractivity contribution is 0.118. The van der Waals surface area contributed by atoms with Gasteiger partial charge in [0.05, 0.1) is 0 Å². The van der Waals surface area contributed by atoms with Crippen molar-refractivity contribution >= 4 is 30.8 Å². The molecule has 7 heteroatoms. The van der Waals surface area contributed by atoms with E-state index < -0.39 is 18.5 Å². The van der Waals surface area contributed by atoms with Crippen LogP contribution in [0.1, 0.15) is 6.92 Å². The zero-order valence-corrected chi connectivity index (χ0v) is 7.48. The first-order valence-corrected chi connectivity index (χ1v) is 4.88. The SMILES string of the molecule is CC(Cl)OC(Cl)P(=O)(O)O. The molecule has 0 aliphatic rings. The second kappa shape index (κ2) is 3.90. The van der Waals surface area contributed by atoms with Gasteiger partial charge in [-0.15, -0.1) is 0 Å². The molecule has 10 heavy (non-hydrogen) atoms. The van der Waals surface area contributed by atoms with E-state index in [9.17, 15) is 4.57 Å². The summed E-state index contributed by atoms with van der Waals surface area (Å²) in [5, 5.41) is -1.65. The van der Waals surface area contributed by atoms with Crippen molar-refractivity contribution in [1.82, 2.24) is 0 Å². The Labute approximate surface area is 68.2 Å². The van der Waals surface area contributed by atoms with Crippen LogP contribution in [0.15, 0.2) is 0 Å². The number of halogens is 2. The van der Waals surface area contributed by atoms with Gasteiger partial charge in [0.2, 0.25) is 5.30 Å². The highest BCUT2D eigenvalue weighted by atomic mass is 35.5. The Bertz CT molecular complexity index is 143. The average Bonchev–Trinajstić information content (AvgIpc) is 1.60. The van der Waals surface area contributed by atoms with Crippen LogP contribution in [0.5, 0.6) is 0 Å². The summed E-state index contributed by atoms with van der Waals surface area (Å²) in [5.74, 6) is 0. The van der Waals surface area contributed by atoms with Crippen molar-refractivity contribution in [3.8, 4) is 0 Å². The zero-order chi connectivity index (χ0) is 8.36. The largest absolute Gasteiger partial charge is 0.369 e. The third kappa shape index (κ3) is 4.50. The maximum Gasteiger partial charge on any atom is 0.369 e. The molecule has 0 aromatic rings. The minimum atomic E-state index is -4.35. The number of alkyl halides is 2. The molecule has 0 heterocycles. The van der Waals surface area contributed by atoms with Crippen LogP contribution in [-0.2, 0) is 9.30 Å². The topological polar surface area (TPSA) is 66.8 Å². The summed E-state index contributed by atoms with van der Waals surface area (Å²) >= 11 is 10.3. The Morgan fingerprint density at radius 3 is 2.00 bits per heavy atom. The Balaban J connectivity index is 3.86. The maximum atomic E-state index is 10.2. The molecular formula is C3H7Cl2O4P. The molecule has 0 aromatic heterocycles. The molecule has 0 aromatic carbocycles. The second-order valence-corrected chi connectivity index (χ2v) is 4.52. The quantitative estimate of drug-likeness (QED) is 0.542. The zero-order valence-electron chi connectivity index (χ0n) is 5.07. The van der Waals surface area contributed by atoms with Crippen molar-refractivity contribution in [1.29, 1.82) is 0 Å². The number of ether oxygens (including phenoxy) is 1. The smallest absolute Gasteiger partial charge is 0.332 e. The summed E-state index contributed by atoms with van der Waals surface area (Å²) in [4.78, 5) is 16.7. The highest BCUT2D eigenvalue weighted by molar-refractivity contribution is 7.54. The monoisotopic (exact) mass is 208 g/mol. The van der Waals surface area contributed by atoms with Crippen molar-refractivity contribution in [2.75, 3.05) is 0 Å². The van der Waals surface area contributed by atoms with Gasteiger partial charge in [0.1, 0.15) is 5.56 Å². The van der Waals surface area contributed by atoms with Crippen molar-refractivity contribution in [2.24, 2.45) is 0 Å². The molecule has 2 N–H and O–H groups in total. The first kappa shape index (κ1) is 10.7. The van der Waals surface area contributed by atoms with Crippen molar-refractivity contribution < 1.29 is 19.1 Å². The van der Waals surface area contributed by atoms with Crippen LogP contribution in [0, 0.1) is 0 Å². The maximum absolute atomic E-state index is 10.2. The molecule has 0 rings (SSSR count). The van der Waals surface area contributed by atoms with E-state index in [2.05, 4.69) is 4.74 Å². The Kier molecular flexibility index (Phi) is 4.17. The lowest BCUT2D eigenvalue weighted by Crippen LogP contribution is -2.09.